The molecule has 0 unspecified atom stereocenters. The number of nitrogens with two attached hydrogens (primary N) is 1. The molecule has 0 radical (unpaired) electrons. The zero-order valence-corrected chi connectivity index (χ0v) is 23.6. The fourth-order valence-electron chi connectivity index (χ4n) is 3.81. The molecular weight excluding hydrogens is 534 g/mol. The van der Waals surface area contributed by atoms with Gasteiger partial charge in [0.05, 0.1) is 30.1 Å². The van der Waals surface area contributed by atoms with Crippen LogP contribution in [0, 0.1) is 5.41 Å². The van der Waals surface area contributed by atoms with Crippen LogP contribution >= 0.6 is 11.6 Å². The van der Waals surface area contributed by atoms with E-state index < -0.39 is 11.3 Å². The van der Waals surface area contributed by atoms with Crippen LogP contribution in [0.4, 0.5) is 17.5 Å². The number of benzene rings is 1. The lowest BCUT2D eigenvalue weighted by Crippen LogP contribution is -2.37. The number of hydrogen-bond acceptors (Lipinski definition) is 10. The maximum Gasteiger partial charge on any atom is 0.279 e. The normalized spacial score (nSPS) is 15.3. The molecule has 40 heavy (non-hydrogen) atoms. The molecular formula is C27H34ClN9O3. The summed E-state index contributed by atoms with van der Waals surface area (Å²) in [7, 11) is 0. The summed E-state index contributed by atoms with van der Waals surface area (Å²) in [6.45, 7) is 10.6. The Morgan fingerprint density at radius 1 is 1.25 bits per heavy atom. The standard InChI is InChI=1S/C27H34ClN9O3/c1-27(2,3)21(38)14-22(29)35-25(39)17-5-6-18(28)19(13-17)34-24-23-20(32-16-33-24)15-31-26(36-23)30-7-4-8-37-9-11-40-12-10-37/h5-6,13-16,38H,4,7-12H2,1-3H3,(H2,29,35,39)(H,30,31,36)(H,32,33,34)/b21-14-. The molecule has 2 aromatic heterocycles. The van der Waals surface area contributed by atoms with Crippen molar-refractivity contribution in [1.29, 1.82) is 0 Å². The Morgan fingerprint density at radius 2 is 2.02 bits per heavy atom. The average molecular weight is 568 g/mol. The number of morpholine rings is 1. The second kappa shape index (κ2) is 13.0. The number of amidine groups is 1. The minimum absolute atomic E-state index is 0.0172. The summed E-state index contributed by atoms with van der Waals surface area (Å²) < 4.78 is 5.39. The largest absolute Gasteiger partial charge is 0.512 e. The van der Waals surface area contributed by atoms with Crippen LogP contribution in [0.2, 0.25) is 5.02 Å². The number of allylic oxidation sites excluding steroid dienone is 1. The number of nitrogens with one attached hydrogen (secondary N) is 2. The first-order valence-corrected chi connectivity index (χ1v) is 13.4. The van der Waals surface area contributed by atoms with Gasteiger partial charge in [0.15, 0.2) is 5.82 Å². The zero-order chi connectivity index (χ0) is 28.7. The molecule has 1 amide bonds. The van der Waals surface area contributed by atoms with Gasteiger partial charge in [0, 0.05) is 36.7 Å². The molecule has 0 saturated carbocycles. The van der Waals surface area contributed by atoms with E-state index in [4.69, 9.17) is 22.1 Å². The van der Waals surface area contributed by atoms with E-state index in [1.807, 2.05) is 20.8 Å². The summed E-state index contributed by atoms with van der Waals surface area (Å²) in [5, 5.41) is 16.9. The number of carbonyl (C=O) groups is 1. The van der Waals surface area contributed by atoms with E-state index in [0.29, 0.717) is 40.1 Å². The van der Waals surface area contributed by atoms with Gasteiger partial charge < -0.3 is 26.2 Å². The number of anilines is 3. The molecule has 12 nitrogen and oxygen atoms in total. The molecule has 0 atom stereocenters. The van der Waals surface area contributed by atoms with E-state index in [0.717, 1.165) is 39.3 Å². The molecule has 4 rings (SSSR count). The fraction of sp³-hybridized carbons (Fsp3) is 0.407. The second-order valence-corrected chi connectivity index (χ2v) is 10.7. The number of aliphatic imine (C=N–C) groups is 1. The molecule has 3 heterocycles. The van der Waals surface area contributed by atoms with Crippen LogP contribution in [0.15, 0.2) is 47.6 Å². The lowest BCUT2D eigenvalue weighted by Gasteiger charge is -2.26. The highest BCUT2D eigenvalue weighted by atomic mass is 35.5. The molecule has 0 spiro atoms. The van der Waals surface area contributed by atoms with Crippen molar-refractivity contribution in [2.24, 2.45) is 16.1 Å². The maximum absolute atomic E-state index is 12.8. The van der Waals surface area contributed by atoms with Crippen LogP contribution in [0.5, 0.6) is 0 Å². The third-order valence-electron chi connectivity index (χ3n) is 6.17. The van der Waals surface area contributed by atoms with Gasteiger partial charge in [-0.1, -0.05) is 32.4 Å². The number of ether oxygens (including phenoxy) is 1. The van der Waals surface area contributed by atoms with Gasteiger partial charge in [-0.15, -0.1) is 0 Å². The predicted molar refractivity (Wildman–Crippen MR) is 156 cm³/mol. The second-order valence-electron chi connectivity index (χ2n) is 10.3. The van der Waals surface area contributed by atoms with Gasteiger partial charge in [-0.25, -0.2) is 19.9 Å². The van der Waals surface area contributed by atoms with Gasteiger partial charge in [0.2, 0.25) is 5.95 Å². The summed E-state index contributed by atoms with van der Waals surface area (Å²) >= 11 is 6.43. The summed E-state index contributed by atoms with van der Waals surface area (Å²) in [5.74, 6) is 0.178. The highest BCUT2D eigenvalue weighted by Gasteiger charge is 2.17. The summed E-state index contributed by atoms with van der Waals surface area (Å²) in [6, 6.07) is 4.67. The lowest BCUT2D eigenvalue weighted by atomic mass is 9.93. The topological polar surface area (TPSA) is 164 Å². The van der Waals surface area contributed by atoms with Crippen LogP contribution < -0.4 is 16.4 Å². The predicted octanol–water partition coefficient (Wildman–Crippen LogP) is 3.94. The Balaban J connectivity index is 1.48. The minimum atomic E-state index is -0.589. The third-order valence-corrected chi connectivity index (χ3v) is 6.49. The number of nitrogens with zero attached hydrogens (tertiary/aromatic N) is 6. The first kappa shape index (κ1) is 29.1. The number of rotatable bonds is 9. The van der Waals surface area contributed by atoms with Crippen molar-refractivity contribution < 1.29 is 14.6 Å². The molecule has 5 N–H and O–H groups in total. The lowest BCUT2D eigenvalue weighted by molar-refractivity contribution is 0.0378. The van der Waals surface area contributed by atoms with Crippen molar-refractivity contribution in [2.75, 3.05) is 50.0 Å². The van der Waals surface area contributed by atoms with Crippen molar-refractivity contribution in [3.63, 3.8) is 0 Å². The molecule has 3 aromatic rings. The fourth-order valence-corrected chi connectivity index (χ4v) is 3.98. The van der Waals surface area contributed by atoms with E-state index >= 15 is 0 Å². The van der Waals surface area contributed by atoms with Gasteiger partial charge in [-0.2, -0.15) is 4.99 Å². The summed E-state index contributed by atoms with van der Waals surface area (Å²) in [5.41, 5.74) is 7.04. The van der Waals surface area contributed by atoms with Gasteiger partial charge in [0.1, 0.15) is 29.0 Å². The molecule has 13 heteroatoms. The van der Waals surface area contributed by atoms with Gasteiger partial charge >= 0.3 is 0 Å². The van der Waals surface area contributed by atoms with Gasteiger partial charge in [-0.3, -0.25) is 9.69 Å². The van der Waals surface area contributed by atoms with E-state index in [1.54, 1.807) is 24.4 Å². The van der Waals surface area contributed by atoms with Gasteiger partial charge in [0.25, 0.3) is 5.91 Å². The first-order chi connectivity index (χ1) is 19.1. The smallest absolute Gasteiger partial charge is 0.279 e. The summed E-state index contributed by atoms with van der Waals surface area (Å²) in [4.78, 5) is 36.6. The van der Waals surface area contributed by atoms with Crippen LogP contribution in [0.3, 0.4) is 0 Å². The average Bonchev–Trinajstić information content (AvgIpc) is 2.92. The number of carbonyl (C=O) groups excluding carboxylic acids is 1. The third kappa shape index (κ3) is 7.84. The Labute approximate surface area is 237 Å². The van der Waals surface area contributed by atoms with Crippen LogP contribution in [0.25, 0.3) is 11.0 Å². The molecule has 1 fully saturated rings. The molecule has 1 aromatic carbocycles. The molecule has 0 bridgehead atoms. The van der Waals surface area contributed by atoms with Crippen molar-refractivity contribution in [3.8, 4) is 0 Å². The van der Waals surface area contributed by atoms with E-state index in [1.165, 1.54) is 12.4 Å². The van der Waals surface area contributed by atoms with Crippen LogP contribution in [0.1, 0.15) is 37.6 Å². The van der Waals surface area contributed by atoms with Crippen molar-refractivity contribution in [1.82, 2.24) is 24.8 Å². The van der Waals surface area contributed by atoms with Crippen molar-refractivity contribution in [2.45, 2.75) is 27.2 Å². The molecule has 1 aliphatic heterocycles. The Kier molecular flexibility index (Phi) is 9.46. The van der Waals surface area contributed by atoms with Crippen LogP contribution in [-0.2, 0) is 4.74 Å². The number of fused-ring (bicyclic) bond motifs is 1. The van der Waals surface area contributed by atoms with Crippen molar-refractivity contribution in [3.05, 3.63) is 53.1 Å². The van der Waals surface area contributed by atoms with E-state index in [2.05, 4.69) is 40.5 Å². The monoisotopic (exact) mass is 567 g/mol. The number of halogens is 1. The highest BCUT2D eigenvalue weighted by molar-refractivity contribution is 6.33. The number of aromatic nitrogens is 4. The zero-order valence-electron chi connectivity index (χ0n) is 22.8. The number of aliphatic hydroxyl groups excluding tert-OH is 1. The number of aliphatic hydroxyl groups is 1. The highest BCUT2D eigenvalue weighted by Crippen LogP contribution is 2.29. The SMILES string of the molecule is CC(C)(C)/C(O)=C/C(N)=NC(=O)c1ccc(Cl)c(Nc2ncnc3cnc(NCCCN4CCOCC4)nc23)c1. The molecule has 0 aliphatic carbocycles. The minimum Gasteiger partial charge on any atom is -0.512 e. The number of hydrogen-bond donors (Lipinski definition) is 4. The quantitative estimate of drug-likeness (QED) is 0.128. The first-order valence-electron chi connectivity index (χ1n) is 13.0. The van der Waals surface area contributed by atoms with Crippen molar-refractivity contribution >= 4 is 51.8 Å². The molecule has 1 aliphatic rings. The summed E-state index contributed by atoms with van der Waals surface area (Å²) in [6.07, 6.45) is 5.23. The molecule has 212 valence electrons. The van der Waals surface area contributed by atoms with E-state index in [-0.39, 0.29) is 17.2 Å². The maximum atomic E-state index is 12.8. The van der Waals surface area contributed by atoms with Gasteiger partial charge in [-0.05, 0) is 31.2 Å². The van der Waals surface area contributed by atoms with E-state index in [9.17, 15) is 9.90 Å². The Morgan fingerprint density at radius 3 is 2.77 bits per heavy atom. The Hall–Kier alpha value is -3.87. The number of amides is 1. The van der Waals surface area contributed by atoms with Crippen LogP contribution in [-0.4, -0.2) is 81.1 Å². The Bertz CT molecular complexity index is 1420. The molecule has 1 saturated heterocycles.